The molecule has 0 saturated carbocycles. The summed E-state index contributed by atoms with van der Waals surface area (Å²) in [6.07, 6.45) is 0. The maximum Gasteiger partial charge on any atom is 0.342 e. The maximum atomic E-state index is 13.2. The Morgan fingerprint density at radius 2 is 1.83 bits per heavy atom. The number of carboxylic acids is 1. The van der Waals surface area contributed by atoms with Crippen molar-refractivity contribution >= 4 is 35.5 Å². The molecule has 35 heavy (non-hydrogen) atoms. The SMILES string of the molecule is CC1(C)S[C@@H]2[C@H](NC(=O)C(NC(=O)c3n[nH]c(=O)[nH]c3=O)c3ccc(O)cc3)C(=O)N2[C@H]1C(=O)O. The number of nitrogens with one attached hydrogen (secondary N) is 4. The molecule has 184 valence electrons. The minimum Gasteiger partial charge on any atom is -0.508 e. The molecule has 2 aromatic rings. The first kappa shape index (κ1) is 24.0. The molecular weight excluding hydrogens is 484 g/mol. The molecule has 3 heterocycles. The van der Waals surface area contributed by atoms with E-state index in [2.05, 4.69) is 15.7 Å². The average molecular weight is 504 g/mol. The molecule has 1 aromatic heterocycles. The number of carbonyl (C=O) groups is 4. The fourth-order valence-corrected chi connectivity index (χ4v) is 5.68. The third-order valence-corrected chi connectivity index (χ3v) is 7.23. The number of aromatic nitrogens is 3. The average Bonchev–Trinajstić information content (AvgIpc) is 3.04. The van der Waals surface area contributed by atoms with Crippen LogP contribution in [0.4, 0.5) is 0 Å². The van der Waals surface area contributed by atoms with Crippen molar-refractivity contribution in [1.29, 1.82) is 0 Å². The van der Waals surface area contributed by atoms with Crippen LogP contribution in [0.3, 0.4) is 0 Å². The largest absolute Gasteiger partial charge is 0.508 e. The zero-order valence-corrected chi connectivity index (χ0v) is 19.1. The summed E-state index contributed by atoms with van der Waals surface area (Å²) in [5.74, 6) is -3.74. The number of benzene rings is 1. The number of phenolic OH excluding ortho intramolecular Hbond substituents is 1. The van der Waals surface area contributed by atoms with Gasteiger partial charge < -0.3 is 25.7 Å². The Bertz CT molecular complexity index is 1340. The standard InChI is InChI=1S/C20H20N6O8S/c1-20(2)12(18(32)33)26-16(31)11(17(26)35-20)22-13(28)9(7-3-5-8(27)6-4-7)21-14(29)10-15(30)23-19(34)25-24-10/h3-6,9,11-12,17,27H,1-2H3,(H,21,29)(H,22,28)(H,32,33)(H2,23,25,30,34)/t9?,11-,12+,17-/m1/s1. The van der Waals surface area contributed by atoms with Crippen LogP contribution in [0.15, 0.2) is 33.9 Å². The summed E-state index contributed by atoms with van der Waals surface area (Å²) in [6.45, 7) is 3.38. The van der Waals surface area contributed by atoms with Crippen LogP contribution in [0.25, 0.3) is 0 Å². The Morgan fingerprint density at radius 1 is 1.17 bits per heavy atom. The number of hydrogen-bond acceptors (Lipinski definition) is 9. The number of thioether (sulfide) groups is 1. The van der Waals surface area contributed by atoms with Crippen LogP contribution in [0, 0.1) is 0 Å². The van der Waals surface area contributed by atoms with Crippen molar-refractivity contribution in [1.82, 2.24) is 30.7 Å². The number of amides is 3. The van der Waals surface area contributed by atoms with Gasteiger partial charge in [0.05, 0.1) is 0 Å². The fraction of sp³-hybridized carbons (Fsp3) is 0.350. The van der Waals surface area contributed by atoms with Crippen LogP contribution in [0.1, 0.15) is 35.9 Å². The van der Waals surface area contributed by atoms with E-state index in [1.54, 1.807) is 13.8 Å². The van der Waals surface area contributed by atoms with Crippen molar-refractivity contribution in [3.63, 3.8) is 0 Å². The van der Waals surface area contributed by atoms with E-state index in [0.717, 1.165) is 0 Å². The van der Waals surface area contributed by atoms with Crippen LogP contribution < -0.4 is 21.9 Å². The third-order valence-electron chi connectivity index (χ3n) is 5.66. The lowest BCUT2D eigenvalue weighted by atomic mass is 9.95. The van der Waals surface area contributed by atoms with Gasteiger partial charge in [0.25, 0.3) is 11.5 Å². The van der Waals surface area contributed by atoms with Crippen LogP contribution in [-0.2, 0) is 14.4 Å². The topological polar surface area (TPSA) is 215 Å². The number of carbonyl (C=O) groups excluding carboxylic acids is 3. The van der Waals surface area contributed by atoms with E-state index in [9.17, 15) is 39.0 Å². The molecule has 2 saturated heterocycles. The van der Waals surface area contributed by atoms with Crippen molar-refractivity contribution in [3.8, 4) is 5.75 Å². The van der Waals surface area contributed by atoms with Crippen LogP contribution in [0.2, 0.25) is 0 Å². The van der Waals surface area contributed by atoms with Crippen molar-refractivity contribution in [2.45, 2.75) is 42.1 Å². The van der Waals surface area contributed by atoms with Gasteiger partial charge in [0, 0.05) is 4.75 Å². The lowest BCUT2D eigenvalue weighted by molar-refractivity contribution is -0.161. The van der Waals surface area contributed by atoms with Crippen LogP contribution >= 0.6 is 11.8 Å². The molecule has 0 spiro atoms. The van der Waals surface area contributed by atoms with Gasteiger partial charge in [0.1, 0.15) is 29.2 Å². The number of aromatic hydroxyl groups is 1. The molecule has 0 radical (unpaired) electrons. The first-order valence-corrected chi connectivity index (χ1v) is 11.1. The Hall–Kier alpha value is -4.14. The lowest BCUT2D eigenvalue weighted by Crippen LogP contribution is -2.71. The second-order valence-corrected chi connectivity index (χ2v) is 10.2. The minimum atomic E-state index is -1.42. The van der Waals surface area contributed by atoms with Gasteiger partial charge in [0.15, 0.2) is 0 Å². The highest BCUT2D eigenvalue weighted by molar-refractivity contribution is 8.01. The number of nitrogens with zero attached hydrogens (tertiary/aromatic N) is 2. The predicted molar refractivity (Wildman–Crippen MR) is 119 cm³/mol. The number of carboxylic acid groups (broad SMARTS) is 1. The highest BCUT2D eigenvalue weighted by Crippen LogP contribution is 2.50. The molecule has 2 aliphatic rings. The van der Waals surface area contributed by atoms with Gasteiger partial charge in [-0.1, -0.05) is 12.1 Å². The first-order chi connectivity index (χ1) is 16.4. The van der Waals surface area contributed by atoms with Gasteiger partial charge in [-0.15, -0.1) is 11.8 Å². The monoisotopic (exact) mass is 504 g/mol. The molecule has 2 aliphatic heterocycles. The molecule has 1 unspecified atom stereocenters. The number of hydrogen-bond donors (Lipinski definition) is 6. The normalized spacial score (nSPS) is 23.1. The second-order valence-electron chi connectivity index (χ2n) is 8.44. The first-order valence-electron chi connectivity index (χ1n) is 10.2. The molecule has 4 atom stereocenters. The van der Waals surface area contributed by atoms with Gasteiger partial charge >= 0.3 is 11.7 Å². The smallest absolute Gasteiger partial charge is 0.342 e. The van der Waals surface area contributed by atoms with Crippen LogP contribution in [-0.4, -0.2) is 76.2 Å². The number of fused-ring (bicyclic) bond motifs is 1. The van der Waals surface area contributed by atoms with Crippen molar-refractivity contribution in [2.75, 3.05) is 0 Å². The molecule has 3 amide bonds. The number of β-lactam (4-membered cyclic amide) rings is 1. The number of H-pyrrole nitrogens is 2. The molecule has 15 heteroatoms. The second kappa shape index (κ2) is 8.57. The van der Waals surface area contributed by atoms with Crippen molar-refractivity contribution in [3.05, 3.63) is 56.4 Å². The number of aromatic amines is 2. The fourth-order valence-electron chi connectivity index (χ4n) is 4.05. The predicted octanol–water partition coefficient (Wildman–Crippen LogP) is -1.73. The summed E-state index contributed by atoms with van der Waals surface area (Å²) in [5, 5.41) is 28.7. The van der Waals surface area contributed by atoms with E-state index in [0.29, 0.717) is 0 Å². The Morgan fingerprint density at radius 3 is 2.43 bits per heavy atom. The zero-order chi connectivity index (χ0) is 25.7. The van der Waals surface area contributed by atoms with Crippen molar-refractivity contribution < 1.29 is 29.4 Å². The van der Waals surface area contributed by atoms with E-state index < -0.39 is 68.9 Å². The molecule has 6 N–H and O–H groups in total. The van der Waals surface area contributed by atoms with Crippen LogP contribution in [0.5, 0.6) is 5.75 Å². The maximum absolute atomic E-state index is 13.2. The summed E-state index contributed by atoms with van der Waals surface area (Å²) in [4.78, 5) is 76.4. The van der Waals surface area contributed by atoms with Crippen molar-refractivity contribution in [2.24, 2.45) is 0 Å². The van der Waals surface area contributed by atoms with E-state index in [4.69, 9.17) is 0 Å². The van der Waals surface area contributed by atoms with Gasteiger partial charge in [0.2, 0.25) is 17.5 Å². The Kier molecular flexibility index (Phi) is 5.88. The minimum absolute atomic E-state index is 0.105. The van der Waals surface area contributed by atoms with Gasteiger partial charge in [-0.05, 0) is 31.5 Å². The van der Waals surface area contributed by atoms with E-state index in [1.165, 1.54) is 40.9 Å². The van der Waals surface area contributed by atoms with Gasteiger partial charge in [-0.3, -0.25) is 24.2 Å². The number of aliphatic carboxylic acids is 1. The molecule has 0 aliphatic carbocycles. The molecular formula is C20H20N6O8S. The number of phenols is 1. The highest BCUT2D eigenvalue weighted by atomic mass is 32.2. The van der Waals surface area contributed by atoms with Gasteiger partial charge in [-0.2, -0.15) is 5.10 Å². The Balaban J connectivity index is 1.58. The number of rotatable bonds is 6. The van der Waals surface area contributed by atoms with Gasteiger partial charge in [-0.25, -0.2) is 14.7 Å². The zero-order valence-electron chi connectivity index (χ0n) is 18.3. The quantitative estimate of drug-likeness (QED) is 0.244. The molecule has 4 rings (SSSR count). The van der Waals surface area contributed by atoms with E-state index >= 15 is 0 Å². The third kappa shape index (κ3) is 4.25. The molecule has 1 aromatic carbocycles. The Labute approximate surface area is 200 Å². The summed E-state index contributed by atoms with van der Waals surface area (Å²) in [5.41, 5.74) is -2.50. The molecule has 0 bridgehead atoms. The van der Waals surface area contributed by atoms with E-state index in [1.807, 2.05) is 10.1 Å². The molecule has 14 nitrogen and oxygen atoms in total. The summed E-state index contributed by atoms with van der Waals surface area (Å²) in [6, 6.07) is 1.73. The van der Waals surface area contributed by atoms with E-state index in [-0.39, 0.29) is 11.3 Å². The summed E-state index contributed by atoms with van der Waals surface area (Å²) < 4.78 is -0.798. The lowest BCUT2D eigenvalue weighted by Gasteiger charge is -2.44. The summed E-state index contributed by atoms with van der Waals surface area (Å²) in [7, 11) is 0. The molecule has 2 fully saturated rings. The summed E-state index contributed by atoms with van der Waals surface area (Å²) >= 11 is 1.23. The highest BCUT2D eigenvalue weighted by Gasteiger charge is 2.64.